The highest BCUT2D eigenvalue weighted by Crippen LogP contribution is 2.64. The van der Waals surface area contributed by atoms with Gasteiger partial charge in [-0.25, -0.2) is 0 Å². The van der Waals surface area contributed by atoms with Crippen molar-refractivity contribution in [2.24, 2.45) is 10.8 Å². The molecule has 0 aliphatic heterocycles. The molecule has 1 spiro atoms. The van der Waals surface area contributed by atoms with Gasteiger partial charge in [-0.3, -0.25) is 13.8 Å². The number of benzene rings is 1. The smallest absolute Gasteiger partial charge is 0.319 e. The predicted octanol–water partition coefficient (Wildman–Crippen LogP) is 2.54. The van der Waals surface area contributed by atoms with Crippen LogP contribution in [0.4, 0.5) is 5.69 Å². The number of hydrogen-bond donors (Lipinski definition) is 2. The summed E-state index contributed by atoms with van der Waals surface area (Å²) < 4.78 is 11.3. The van der Waals surface area contributed by atoms with Gasteiger partial charge in [0.1, 0.15) is 5.41 Å². The molecule has 0 heterocycles. The highest BCUT2D eigenvalue weighted by atomic mass is 32.2. The normalized spacial score (nSPS) is 21.8. The Kier molecular flexibility index (Phi) is 4.04. The first-order chi connectivity index (χ1) is 10.9. The lowest BCUT2D eigenvalue weighted by molar-refractivity contribution is -0.178. The van der Waals surface area contributed by atoms with Crippen molar-refractivity contribution in [3.63, 3.8) is 0 Å². The fourth-order valence-corrected chi connectivity index (χ4v) is 4.54. The molecule has 2 fully saturated rings. The predicted molar refractivity (Wildman–Crippen MR) is 88.4 cm³/mol. The van der Waals surface area contributed by atoms with E-state index in [1.165, 1.54) is 0 Å². The molecule has 1 aromatic carbocycles. The third-order valence-electron chi connectivity index (χ3n) is 5.17. The lowest BCUT2D eigenvalue weighted by Crippen LogP contribution is -2.59. The van der Waals surface area contributed by atoms with Crippen molar-refractivity contribution in [1.82, 2.24) is 0 Å². The quantitative estimate of drug-likeness (QED) is 0.810. The number of aliphatic carboxylic acids is 1. The minimum Gasteiger partial charge on any atom is -0.480 e. The molecule has 0 aromatic heterocycles. The van der Waals surface area contributed by atoms with Gasteiger partial charge >= 0.3 is 5.97 Å². The number of hydrogen-bond acceptors (Lipinski definition) is 3. The molecule has 0 radical (unpaired) electrons. The number of rotatable bonds is 5. The van der Waals surface area contributed by atoms with E-state index in [9.17, 15) is 18.9 Å². The largest absolute Gasteiger partial charge is 0.480 e. The van der Waals surface area contributed by atoms with Gasteiger partial charge in [-0.15, -0.1) is 0 Å². The monoisotopic (exact) mass is 335 g/mol. The third-order valence-corrected chi connectivity index (χ3v) is 5.91. The maximum absolute atomic E-state index is 12.6. The van der Waals surface area contributed by atoms with E-state index in [0.29, 0.717) is 24.3 Å². The molecule has 6 heteroatoms. The topological polar surface area (TPSA) is 83.5 Å². The van der Waals surface area contributed by atoms with Crippen molar-refractivity contribution in [2.45, 2.75) is 37.9 Å². The number of nitrogens with one attached hydrogen (secondary N) is 1. The molecule has 1 unspecified atom stereocenters. The zero-order chi connectivity index (χ0) is 16.7. The van der Waals surface area contributed by atoms with Crippen LogP contribution in [0, 0.1) is 10.8 Å². The second-order valence-electron chi connectivity index (χ2n) is 6.97. The SMILES string of the molecule is CS(=O)Cc1cccc(NC(=O)C2(C(=O)O)CC3(CCC3)C2)c1. The molecule has 0 bridgehead atoms. The van der Waals surface area contributed by atoms with Crippen LogP contribution in [0.1, 0.15) is 37.7 Å². The zero-order valence-electron chi connectivity index (χ0n) is 13.1. The summed E-state index contributed by atoms with van der Waals surface area (Å²) in [4.78, 5) is 24.2. The highest BCUT2D eigenvalue weighted by Gasteiger charge is 2.64. The molecule has 2 saturated carbocycles. The molecule has 2 N–H and O–H groups in total. The van der Waals surface area contributed by atoms with E-state index in [-0.39, 0.29) is 5.41 Å². The van der Waals surface area contributed by atoms with Crippen LogP contribution >= 0.6 is 0 Å². The maximum atomic E-state index is 12.6. The molecule has 1 aromatic rings. The van der Waals surface area contributed by atoms with Crippen LogP contribution in [-0.4, -0.2) is 27.4 Å². The lowest BCUT2D eigenvalue weighted by atomic mass is 9.45. The van der Waals surface area contributed by atoms with Gasteiger partial charge in [0, 0.05) is 28.5 Å². The van der Waals surface area contributed by atoms with Gasteiger partial charge in [0.2, 0.25) is 5.91 Å². The molecular formula is C17H21NO4S. The van der Waals surface area contributed by atoms with Gasteiger partial charge in [-0.1, -0.05) is 18.6 Å². The van der Waals surface area contributed by atoms with Crippen LogP contribution < -0.4 is 5.32 Å². The van der Waals surface area contributed by atoms with Gasteiger partial charge in [0.25, 0.3) is 0 Å². The lowest BCUT2D eigenvalue weighted by Gasteiger charge is -2.58. The summed E-state index contributed by atoms with van der Waals surface area (Å²) >= 11 is 0. The number of anilines is 1. The number of carbonyl (C=O) groups is 2. The molecule has 1 amide bonds. The van der Waals surface area contributed by atoms with Crippen LogP contribution in [0.2, 0.25) is 0 Å². The summed E-state index contributed by atoms with van der Waals surface area (Å²) in [5.74, 6) is -1.05. The summed E-state index contributed by atoms with van der Waals surface area (Å²) in [6.07, 6.45) is 5.71. The second kappa shape index (κ2) is 5.74. The standard InChI is InChI=1S/C17H21NO4S/c1-23(22)9-12-4-2-5-13(8-12)18-14(19)17(15(20)21)10-16(11-17)6-3-7-16/h2,4-5,8H,3,6-7,9-11H2,1H3,(H,18,19)(H,20,21). The summed E-state index contributed by atoms with van der Waals surface area (Å²) in [5.41, 5.74) is 0.228. The van der Waals surface area contributed by atoms with Crippen LogP contribution in [0.15, 0.2) is 24.3 Å². The molecule has 3 rings (SSSR count). The van der Waals surface area contributed by atoms with Crippen LogP contribution in [0.3, 0.4) is 0 Å². The van der Waals surface area contributed by atoms with Crippen molar-refractivity contribution in [2.75, 3.05) is 11.6 Å². The molecule has 5 nitrogen and oxygen atoms in total. The highest BCUT2D eigenvalue weighted by molar-refractivity contribution is 7.83. The molecule has 2 aliphatic rings. The average Bonchev–Trinajstić information content (AvgIpc) is 2.34. The van der Waals surface area contributed by atoms with Crippen molar-refractivity contribution in [3.8, 4) is 0 Å². The van der Waals surface area contributed by atoms with Gasteiger partial charge in [-0.05, 0) is 48.8 Å². The summed E-state index contributed by atoms with van der Waals surface area (Å²) in [6, 6.07) is 7.11. The number of carboxylic acids is 1. The van der Waals surface area contributed by atoms with Gasteiger partial charge in [0.05, 0.1) is 0 Å². The van der Waals surface area contributed by atoms with E-state index in [4.69, 9.17) is 0 Å². The molecule has 0 saturated heterocycles. The van der Waals surface area contributed by atoms with Crippen LogP contribution in [-0.2, 0) is 26.1 Å². The second-order valence-corrected chi connectivity index (χ2v) is 8.40. The Hall–Kier alpha value is -1.69. The summed E-state index contributed by atoms with van der Waals surface area (Å²) in [7, 11) is -0.963. The van der Waals surface area contributed by atoms with Crippen molar-refractivity contribution < 1.29 is 18.9 Å². The Morgan fingerprint density at radius 3 is 2.52 bits per heavy atom. The minimum absolute atomic E-state index is 0.0939. The van der Waals surface area contributed by atoms with E-state index in [1.807, 2.05) is 6.07 Å². The van der Waals surface area contributed by atoms with E-state index in [2.05, 4.69) is 5.32 Å². The van der Waals surface area contributed by atoms with Crippen LogP contribution in [0.5, 0.6) is 0 Å². The van der Waals surface area contributed by atoms with Gasteiger partial charge in [-0.2, -0.15) is 0 Å². The number of carbonyl (C=O) groups excluding carboxylic acids is 1. The minimum atomic E-state index is -1.29. The molecular weight excluding hydrogens is 314 g/mol. The Morgan fingerprint density at radius 2 is 2.00 bits per heavy atom. The molecule has 1 atom stereocenters. The first-order valence-electron chi connectivity index (χ1n) is 7.79. The Labute approximate surface area is 137 Å². The van der Waals surface area contributed by atoms with Crippen molar-refractivity contribution in [1.29, 1.82) is 0 Å². The first-order valence-corrected chi connectivity index (χ1v) is 9.52. The summed E-state index contributed by atoms with van der Waals surface area (Å²) in [5, 5.41) is 12.3. The Bertz CT molecular complexity index is 673. The van der Waals surface area contributed by atoms with E-state index in [1.54, 1.807) is 24.5 Å². The fraction of sp³-hybridized carbons (Fsp3) is 0.529. The van der Waals surface area contributed by atoms with Gasteiger partial charge < -0.3 is 10.4 Å². The van der Waals surface area contributed by atoms with E-state index < -0.39 is 28.1 Å². The van der Waals surface area contributed by atoms with E-state index >= 15 is 0 Å². The maximum Gasteiger partial charge on any atom is 0.319 e. The average molecular weight is 335 g/mol. The summed E-state index contributed by atoms with van der Waals surface area (Å²) in [6.45, 7) is 0. The first kappa shape index (κ1) is 16.2. The number of carboxylic acid groups (broad SMARTS) is 1. The number of amides is 1. The molecule has 2 aliphatic carbocycles. The van der Waals surface area contributed by atoms with Crippen molar-refractivity contribution in [3.05, 3.63) is 29.8 Å². The fourth-order valence-electron chi connectivity index (χ4n) is 3.89. The zero-order valence-corrected chi connectivity index (χ0v) is 13.9. The molecule has 23 heavy (non-hydrogen) atoms. The Morgan fingerprint density at radius 1 is 1.30 bits per heavy atom. The van der Waals surface area contributed by atoms with Gasteiger partial charge in [0.15, 0.2) is 0 Å². The van der Waals surface area contributed by atoms with Crippen LogP contribution in [0.25, 0.3) is 0 Å². The van der Waals surface area contributed by atoms with Crippen molar-refractivity contribution >= 4 is 28.4 Å². The molecule has 124 valence electrons. The van der Waals surface area contributed by atoms with E-state index in [0.717, 1.165) is 24.8 Å². The third kappa shape index (κ3) is 2.92. The Balaban J connectivity index is 1.73.